The number of piperazine rings is 1. The van der Waals surface area contributed by atoms with E-state index in [9.17, 15) is 13.2 Å². The first kappa shape index (κ1) is 13.6. The van der Waals surface area contributed by atoms with E-state index in [-0.39, 0.29) is 18.2 Å². The summed E-state index contributed by atoms with van der Waals surface area (Å²) in [6, 6.07) is 9.44. The molecule has 0 bridgehead atoms. The third-order valence-electron chi connectivity index (χ3n) is 3.80. The van der Waals surface area contributed by atoms with Crippen molar-refractivity contribution in [2.24, 2.45) is 0 Å². The van der Waals surface area contributed by atoms with Crippen molar-refractivity contribution in [3.63, 3.8) is 0 Å². The van der Waals surface area contributed by atoms with Gasteiger partial charge in [-0.25, -0.2) is 8.42 Å². The molecule has 20 heavy (non-hydrogen) atoms. The first-order valence-corrected chi connectivity index (χ1v) is 8.48. The van der Waals surface area contributed by atoms with Crippen molar-refractivity contribution in [3.8, 4) is 0 Å². The van der Waals surface area contributed by atoms with Crippen LogP contribution in [0.15, 0.2) is 30.3 Å². The Kier molecular flexibility index (Phi) is 3.52. The zero-order valence-corrected chi connectivity index (χ0v) is 12.1. The number of carbonyl (C=O) groups excluding carboxylic acids is 1. The molecule has 0 atom stereocenters. The highest BCUT2D eigenvalue weighted by Crippen LogP contribution is 2.28. The molecule has 0 spiro atoms. The number of carbonyl (C=O) groups is 1. The highest BCUT2D eigenvalue weighted by Gasteiger charge is 2.38. The molecule has 0 radical (unpaired) electrons. The van der Waals surface area contributed by atoms with Gasteiger partial charge in [-0.2, -0.15) is 4.31 Å². The maximum atomic E-state index is 12.3. The second kappa shape index (κ2) is 5.18. The van der Waals surface area contributed by atoms with Gasteiger partial charge in [0.05, 0.1) is 12.3 Å². The number of rotatable bonds is 4. The average molecular weight is 294 g/mol. The van der Waals surface area contributed by atoms with Crippen molar-refractivity contribution in [3.05, 3.63) is 35.9 Å². The van der Waals surface area contributed by atoms with Gasteiger partial charge in [0.1, 0.15) is 0 Å². The summed E-state index contributed by atoms with van der Waals surface area (Å²) in [4.78, 5) is 13.8. The molecule has 6 heteroatoms. The molecular weight excluding hydrogens is 276 g/mol. The monoisotopic (exact) mass is 294 g/mol. The second-order valence-corrected chi connectivity index (χ2v) is 7.36. The lowest BCUT2D eigenvalue weighted by Gasteiger charge is -2.33. The molecule has 1 aromatic rings. The Labute approximate surface area is 119 Å². The Morgan fingerprint density at radius 1 is 1.10 bits per heavy atom. The molecule has 1 aliphatic heterocycles. The zero-order valence-electron chi connectivity index (χ0n) is 11.2. The normalized spacial score (nSPS) is 21.2. The maximum absolute atomic E-state index is 12.3. The fraction of sp³-hybridized carbons (Fsp3) is 0.500. The summed E-state index contributed by atoms with van der Waals surface area (Å²) >= 11 is 0. The fourth-order valence-corrected chi connectivity index (χ4v) is 4.01. The molecule has 2 fully saturated rings. The lowest BCUT2D eigenvalue weighted by atomic mass is 10.2. The largest absolute Gasteiger partial charge is 0.337 e. The summed E-state index contributed by atoms with van der Waals surface area (Å²) in [6.45, 7) is 0.931. The van der Waals surface area contributed by atoms with Crippen molar-refractivity contribution < 1.29 is 13.2 Å². The van der Waals surface area contributed by atoms with Gasteiger partial charge in [-0.15, -0.1) is 0 Å². The van der Waals surface area contributed by atoms with Crippen LogP contribution in [0.1, 0.15) is 18.4 Å². The average Bonchev–Trinajstić information content (AvgIpc) is 3.23. The van der Waals surface area contributed by atoms with Crippen molar-refractivity contribution >= 4 is 15.9 Å². The lowest BCUT2D eigenvalue weighted by Crippen LogP contribution is -2.53. The topological polar surface area (TPSA) is 57.7 Å². The summed E-state index contributed by atoms with van der Waals surface area (Å²) in [7, 11) is -3.41. The van der Waals surface area contributed by atoms with E-state index in [4.69, 9.17) is 0 Å². The first-order valence-electron chi connectivity index (χ1n) is 6.87. The van der Waals surface area contributed by atoms with Crippen LogP contribution in [-0.2, 0) is 20.6 Å². The predicted octanol–water partition coefficient (Wildman–Crippen LogP) is 0.823. The van der Waals surface area contributed by atoms with E-state index in [1.54, 1.807) is 12.1 Å². The number of benzene rings is 1. The Morgan fingerprint density at radius 3 is 2.40 bits per heavy atom. The number of amides is 1. The van der Waals surface area contributed by atoms with E-state index in [1.807, 2.05) is 23.1 Å². The lowest BCUT2D eigenvalue weighted by molar-refractivity contribution is -0.134. The van der Waals surface area contributed by atoms with Crippen molar-refractivity contribution in [2.45, 2.75) is 24.6 Å². The molecule has 1 saturated carbocycles. The van der Waals surface area contributed by atoms with E-state index in [2.05, 4.69) is 0 Å². The minimum absolute atomic E-state index is 0.00827. The number of sulfonamides is 1. The van der Waals surface area contributed by atoms with Crippen LogP contribution < -0.4 is 0 Å². The quantitative estimate of drug-likeness (QED) is 0.826. The van der Waals surface area contributed by atoms with Crippen molar-refractivity contribution in [1.29, 1.82) is 0 Å². The molecule has 0 aromatic heterocycles. The molecule has 2 aliphatic rings. The molecule has 0 unspecified atom stereocenters. The Hall–Kier alpha value is -1.40. The summed E-state index contributed by atoms with van der Waals surface area (Å²) in [5, 5.41) is 0. The molecule has 3 rings (SSSR count). The Balaban J connectivity index is 1.68. The van der Waals surface area contributed by atoms with Gasteiger partial charge in [0.15, 0.2) is 0 Å². The molecule has 1 aliphatic carbocycles. The molecular formula is C14H18N2O3S. The molecule has 1 saturated heterocycles. The smallest absolute Gasteiger partial charge is 0.238 e. The fourth-order valence-electron chi connectivity index (χ4n) is 2.55. The Morgan fingerprint density at radius 2 is 1.80 bits per heavy atom. The van der Waals surface area contributed by atoms with Gasteiger partial charge in [0, 0.05) is 19.1 Å². The summed E-state index contributed by atoms with van der Waals surface area (Å²) in [5.74, 6) is -0.0970. The van der Waals surface area contributed by atoms with Gasteiger partial charge in [0.2, 0.25) is 15.9 Å². The SMILES string of the molecule is O=C1CN(S(=O)(=O)Cc2ccccc2)CCN1C1CC1. The molecule has 1 aromatic carbocycles. The third-order valence-corrected chi connectivity index (χ3v) is 5.59. The van der Waals surface area contributed by atoms with Crippen LogP contribution >= 0.6 is 0 Å². The van der Waals surface area contributed by atoms with Gasteiger partial charge in [-0.1, -0.05) is 30.3 Å². The van der Waals surface area contributed by atoms with Crippen molar-refractivity contribution in [1.82, 2.24) is 9.21 Å². The molecule has 1 heterocycles. The van der Waals surface area contributed by atoms with Crippen LogP contribution in [0.3, 0.4) is 0 Å². The van der Waals surface area contributed by atoms with E-state index in [1.165, 1.54) is 4.31 Å². The van der Waals surface area contributed by atoms with Crippen molar-refractivity contribution in [2.75, 3.05) is 19.6 Å². The van der Waals surface area contributed by atoms with Gasteiger partial charge in [-0.3, -0.25) is 4.79 Å². The maximum Gasteiger partial charge on any atom is 0.238 e. The zero-order chi connectivity index (χ0) is 14.2. The highest BCUT2D eigenvalue weighted by atomic mass is 32.2. The number of hydrogen-bond donors (Lipinski definition) is 0. The molecule has 0 N–H and O–H groups in total. The van der Waals surface area contributed by atoms with E-state index in [0.717, 1.165) is 18.4 Å². The second-order valence-electron chi connectivity index (χ2n) is 5.39. The Bertz CT molecular complexity index is 596. The van der Waals surface area contributed by atoms with Crippen LogP contribution in [0.5, 0.6) is 0 Å². The van der Waals surface area contributed by atoms with Crippen LogP contribution in [-0.4, -0.2) is 49.2 Å². The van der Waals surface area contributed by atoms with Crippen LogP contribution in [0.4, 0.5) is 0 Å². The van der Waals surface area contributed by atoms with Gasteiger partial charge in [-0.05, 0) is 18.4 Å². The van der Waals surface area contributed by atoms with E-state index < -0.39 is 10.0 Å². The summed E-state index contributed by atoms with van der Waals surface area (Å²) in [5.41, 5.74) is 0.754. The molecule has 1 amide bonds. The standard InChI is InChI=1S/C14H18N2O3S/c17-14-10-15(8-9-16(14)13-6-7-13)20(18,19)11-12-4-2-1-3-5-12/h1-5,13H,6-11H2. The number of nitrogens with zero attached hydrogens (tertiary/aromatic N) is 2. The van der Waals surface area contributed by atoms with Gasteiger partial charge < -0.3 is 4.90 Å². The minimum atomic E-state index is -3.41. The summed E-state index contributed by atoms with van der Waals surface area (Å²) < 4.78 is 26.0. The van der Waals surface area contributed by atoms with Gasteiger partial charge >= 0.3 is 0 Å². The van der Waals surface area contributed by atoms with E-state index >= 15 is 0 Å². The first-order chi connectivity index (χ1) is 9.56. The van der Waals surface area contributed by atoms with Crippen LogP contribution in [0, 0.1) is 0 Å². The number of hydrogen-bond acceptors (Lipinski definition) is 3. The summed E-state index contributed by atoms with van der Waals surface area (Å²) in [6.07, 6.45) is 2.12. The van der Waals surface area contributed by atoms with Crippen LogP contribution in [0.25, 0.3) is 0 Å². The molecule has 108 valence electrons. The molecule has 5 nitrogen and oxygen atoms in total. The van der Waals surface area contributed by atoms with Gasteiger partial charge in [0.25, 0.3) is 0 Å². The van der Waals surface area contributed by atoms with Crippen LogP contribution in [0.2, 0.25) is 0 Å². The third kappa shape index (κ3) is 2.86. The predicted molar refractivity (Wildman–Crippen MR) is 75.4 cm³/mol. The van der Waals surface area contributed by atoms with E-state index in [0.29, 0.717) is 19.1 Å². The minimum Gasteiger partial charge on any atom is -0.337 e. The highest BCUT2D eigenvalue weighted by molar-refractivity contribution is 7.88.